The monoisotopic (exact) mass is 314 g/mol. The van der Waals surface area contributed by atoms with E-state index in [1.54, 1.807) is 0 Å². The molecule has 1 aliphatic heterocycles. The zero-order valence-electron chi connectivity index (χ0n) is 13.2. The number of hydrogen-bond donors (Lipinski definition) is 3. The minimum absolute atomic E-state index is 0.332. The van der Waals surface area contributed by atoms with E-state index in [9.17, 15) is 9.59 Å². The van der Waals surface area contributed by atoms with E-state index in [0.717, 1.165) is 25.9 Å². The van der Waals surface area contributed by atoms with E-state index in [-0.39, 0.29) is 11.9 Å². The lowest BCUT2D eigenvalue weighted by molar-refractivity contribution is -0.125. The van der Waals surface area contributed by atoms with Crippen LogP contribution in [0.15, 0.2) is 30.3 Å². The zero-order valence-corrected chi connectivity index (χ0v) is 13.2. The van der Waals surface area contributed by atoms with Gasteiger partial charge in [-0.25, -0.2) is 4.79 Å². The number of para-hydroxylation sites is 1. The van der Waals surface area contributed by atoms with E-state index in [4.69, 9.17) is 5.73 Å². The number of fused-ring (bicyclic) bond motifs is 1. The van der Waals surface area contributed by atoms with Gasteiger partial charge in [0.05, 0.1) is 6.04 Å². The van der Waals surface area contributed by atoms with Crippen molar-refractivity contribution in [2.45, 2.75) is 31.7 Å². The van der Waals surface area contributed by atoms with Crippen LogP contribution < -0.4 is 11.1 Å². The van der Waals surface area contributed by atoms with Crippen molar-refractivity contribution in [1.29, 1.82) is 0 Å². The highest BCUT2D eigenvalue weighted by molar-refractivity contribution is 5.96. The number of rotatable bonds is 3. The molecule has 1 saturated heterocycles. The van der Waals surface area contributed by atoms with Crippen LogP contribution in [-0.4, -0.2) is 41.0 Å². The van der Waals surface area contributed by atoms with Gasteiger partial charge in [-0.2, -0.15) is 0 Å². The van der Waals surface area contributed by atoms with Crippen LogP contribution >= 0.6 is 0 Å². The van der Waals surface area contributed by atoms with Crippen LogP contribution in [0.2, 0.25) is 0 Å². The lowest BCUT2D eigenvalue weighted by Gasteiger charge is -2.34. The predicted molar refractivity (Wildman–Crippen MR) is 89.0 cm³/mol. The molecule has 0 spiro atoms. The molecule has 2 heterocycles. The molecule has 122 valence electrons. The maximum absolute atomic E-state index is 11.9. The summed E-state index contributed by atoms with van der Waals surface area (Å²) >= 11 is 0. The molecular formula is C17H22N4O2. The summed E-state index contributed by atoms with van der Waals surface area (Å²) in [7, 11) is 0. The lowest BCUT2D eigenvalue weighted by atomic mass is 9.92. The number of carbonyl (C=O) groups is 2. The molecule has 2 aromatic rings. The van der Waals surface area contributed by atoms with Crippen LogP contribution in [0.5, 0.6) is 0 Å². The average Bonchev–Trinajstić information content (AvgIpc) is 2.97. The lowest BCUT2D eigenvalue weighted by Crippen LogP contribution is -2.50. The number of likely N-dealkylation sites (tertiary alicyclic amines) is 1. The van der Waals surface area contributed by atoms with Crippen molar-refractivity contribution in [3.8, 4) is 0 Å². The molecule has 1 aromatic heterocycles. The van der Waals surface area contributed by atoms with Crippen molar-refractivity contribution in [3.63, 3.8) is 0 Å². The summed E-state index contributed by atoms with van der Waals surface area (Å²) in [5.74, 6) is 0.145. The summed E-state index contributed by atoms with van der Waals surface area (Å²) in [5, 5.41) is 3.39. The number of nitrogens with two attached hydrogens (primary N) is 1. The molecule has 4 N–H and O–H groups in total. The van der Waals surface area contributed by atoms with Gasteiger partial charge < -0.3 is 10.7 Å². The second-order valence-electron chi connectivity index (χ2n) is 6.15. The molecule has 3 rings (SSSR count). The van der Waals surface area contributed by atoms with E-state index in [0.29, 0.717) is 5.92 Å². The van der Waals surface area contributed by atoms with Crippen LogP contribution in [0.25, 0.3) is 10.9 Å². The van der Waals surface area contributed by atoms with Gasteiger partial charge in [-0.1, -0.05) is 18.2 Å². The molecule has 1 fully saturated rings. The summed E-state index contributed by atoms with van der Waals surface area (Å²) in [6.07, 6.45) is 1.97. The fraction of sp³-hybridized carbons (Fsp3) is 0.412. The highest BCUT2D eigenvalue weighted by Gasteiger charge is 2.28. The quantitative estimate of drug-likeness (QED) is 0.808. The molecule has 1 aliphatic rings. The molecule has 6 heteroatoms. The van der Waals surface area contributed by atoms with Crippen molar-refractivity contribution >= 4 is 22.8 Å². The number of H-pyrrole nitrogens is 1. The maximum Gasteiger partial charge on any atom is 0.318 e. The van der Waals surface area contributed by atoms with Crippen molar-refractivity contribution < 1.29 is 9.59 Å². The van der Waals surface area contributed by atoms with Gasteiger partial charge in [-0.15, -0.1) is 0 Å². The zero-order chi connectivity index (χ0) is 16.4. The molecule has 0 bridgehead atoms. The summed E-state index contributed by atoms with van der Waals surface area (Å²) in [6.45, 7) is 3.46. The Morgan fingerprint density at radius 1 is 1.30 bits per heavy atom. The Balaban J connectivity index is 1.61. The molecular weight excluding hydrogens is 292 g/mol. The molecule has 1 aromatic carbocycles. The third-order valence-corrected chi connectivity index (χ3v) is 4.69. The van der Waals surface area contributed by atoms with Crippen molar-refractivity contribution in [3.05, 3.63) is 36.0 Å². The average molecular weight is 314 g/mol. The number of carbonyl (C=O) groups excluding carboxylic acids is 2. The number of primary amides is 1. The van der Waals surface area contributed by atoms with Gasteiger partial charge in [0.25, 0.3) is 0 Å². The van der Waals surface area contributed by atoms with E-state index < -0.39 is 6.03 Å². The smallest absolute Gasteiger partial charge is 0.318 e. The Hall–Kier alpha value is -2.34. The highest BCUT2D eigenvalue weighted by Crippen LogP contribution is 2.30. The Morgan fingerprint density at radius 3 is 2.65 bits per heavy atom. The summed E-state index contributed by atoms with van der Waals surface area (Å²) in [5.41, 5.74) is 7.43. The number of urea groups is 1. The van der Waals surface area contributed by atoms with Crippen LogP contribution in [0.1, 0.15) is 31.4 Å². The molecule has 3 amide bonds. The molecule has 1 atom stereocenters. The van der Waals surface area contributed by atoms with Gasteiger partial charge in [-0.05, 0) is 50.4 Å². The number of nitrogens with zero attached hydrogens (tertiary/aromatic N) is 1. The van der Waals surface area contributed by atoms with Crippen LogP contribution in [0, 0.1) is 0 Å². The van der Waals surface area contributed by atoms with Crippen molar-refractivity contribution in [2.75, 3.05) is 13.1 Å². The number of piperidine rings is 1. The largest absolute Gasteiger partial charge is 0.358 e. The predicted octanol–water partition coefficient (Wildman–Crippen LogP) is 1.93. The first-order valence-corrected chi connectivity index (χ1v) is 7.96. The number of nitrogens with one attached hydrogen (secondary N) is 2. The molecule has 23 heavy (non-hydrogen) atoms. The van der Waals surface area contributed by atoms with E-state index >= 15 is 0 Å². The topological polar surface area (TPSA) is 91.2 Å². The van der Waals surface area contributed by atoms with E-state index in [2.05, 4.69) is 33.4 Å². The molecule has 6 nitrogen and oxygen atoms in total. The fourth-order valence-corrected chi connectivity index (χ4v) is 3.31. The Kier molecular flexibility index (Phi) is 4.34. The molecule has 0 saturated carbocycles. The number of aromatic nitrogens is 1. The number of amides is 3. The van der Waals surface area contributed by atoms with Gasteiger partial charge in [0.2, 0.25) is 5.91 Å². The maximum atomic E-state index is 11.9. The fourth-order valence-electron chi connectivity index (χ4n) is 3.31. The summed E-state index contributed by atoms with van der Waals surface area (Å²) in [4.78, 5) is 28.2. The van der Waals surface area contributed by atoms with Gasteiger partial charge in [-0.3, -0.25) is 15.0 Å². The number of benzene rings is 1. The summed E-state index contributed by atoms with van der Waals surface area (Å²) in [6, 6.07) is 9.36. The van der Waals surface area contributed by atoms with E-state index in [1.165, 1.54) is 16.6 Å². The Labute approximate surface area is 135 Å². The van der Waals surface area contributed by atoms with Gasteiger partial charge in [0.15, 0.2) is 0 Å². The second kappa shape index (κ2) is 6.42. The Morgan fingerprint density at radius 2 is 2.00 bits per heavy atom. The molecule has 0 radical (unpaired) electrons. The third kappa shape index (κ3) is 3.37. The van der Waals surface area contributed by atoms with Crippen LogP contribution in [0.4, 0.5) is 4.79 Å². The number of imide groups is 1. The SMILES string of the molecule is C[C@@H](C(=O)NC(N)=O)N1CCC(c2cc3ccccc3[nH]2)CC1. The summed E-state index contributed by atoms with van der Waals surface area (Å²) < 4.78 is 0. The first-order chi connectivity index (χ1) is 11.0. The van der Waals surface area contributed by atoms with E-state index in [1.807, 2.05) is 19.1 Å². The van der Waals surface area contributed by atoms with Crippen molar-refractivity contribution in [1.82, 2.24) is 15.2 Å². The highest BCUT2D eigenvalue weighted by atomic mass is 16.2. The standard InChI is InChI=1S/C17H22N4O2/c1-11(16(22)20-17(18)23)21-8-6-12(7-9-21)15-10-13-4-2-3-5-14(13)19-15/h2-5,10-12,19H,6-9H2,1H3,(H3,18,20,22,23)/t11-/m0/s1. The molecule has 0 aliphatic carbocycles. The van der Waals surface area contributed by atoms with Crippen LogP contribution in [0.3, 0.4) is 0 Å². The first kappa shape index (κ1) is 15.6. The minimum Gasteiger partial charge on any atom is -0.358 e. The molecule has 0 unspecified atom stereocenters. The van der Waals surface area contributed by atoms with Gasteiger partial charge >= 0.3 is 6.03 Å². The minimum atomic E-state index is -0.796. The van der Waals surface area contributed by atoms with Crippen LogP contribution in [-0.2, 0) is 4.79 Å². The van der Waals surface area contributed by atoms with Gasteiger partial charge in [0.1, 0.15) is 0 Å². The van der Waals surface area contributed by atoms with Crippen molar-refractivity contribution in [2.24, 2.45) is 5.73 Å². The van der Waals surface area contributed by atoms with Gasteiger partial charge in [0, 0.05) is 17.1 Å². The second-order valence-corrected chi connectivity index (χ2v) is 6.15. The third-order valence-electron chi connectivity index (χ3n) is 4.69. The normalized spacial score (nSPS) is 18.0. The first-order valence-electron chi connectivity index (χ1n) is 7.96. The number of aromatic amines is 1. The Bertz CT molecular complexity index is 683. The number of hydrogen-bond acceptors (Lipinski definition) is 3.